The van der Waals surface area contributed by atoms with Crippen molar-refractivity contribution in [3.05, 3.63) is 0 Å². The van der Waals surface area contributed by atoms with Gasteiger partial charge in [-0.25, -0.2) is 0 Å². The van der Waals surface area contributed by atoms with Crippen LogP contribution in [-0.2, 0) is 0 Å². The second kappa shape index (κ2) is 15.0. The van der Waals surface area contributed by atoms with Gasteiger partial charge in [0.1, 0.15) is 0 Å². The van der Waals surface area contributed by atoms with Crippen LogP contribution in [0.5, 0.6) is 0 Å². The van der Waals surface area contributed by atoms with Gasteiger partial charge in [0, 0.05) is 0 Å². The predicted molar refractivity (Wildman–Crippen MR) is 78.0 cm³/mol. The maximum absolute atomic E-state index is 2.45. The van der Waals surface area contributed by atoms with Crippen LogP contribution >= 0.6 is 0 Å². The van der Waals surface area contributed by atoms with Gasteiger partial charge >= 0.3 is 0 Å². The summed E-state index contributed by atoms with van der Waals surface area (Å²) in [4.78, 5) is 0. The van der Waals surface area contributed by atoms with Crippen LogP contribution < -0.4 is 0 Å². The number of hydrogen-bond donors (Lipinski definition) is 0. The molecule has 0 bridgehead atoms. The van der Waals surface area contributed by atoms with E-state index in [-0.39, 0.29) is 0 Å². The molecule has 0 heterocycles. The topological polar surface area (TPSA) is 0 Å². The third-order valence-electron chi connectivity index (χ3n) is 3.22. The molecule has 0 amide bonds. The van der Waals surface area contributed by atoms with Gasteiger partial charge in [-0.1, -0.05) is 92.9 Å². The molecule has 100 valence electrons. The van der Waals surface area contributed by atoms with E-state index in [1.54, 1.807) is 0 Å². The average molecular weight is 228 g/mol. The Bertz CT molecular complexity index is 101. The van der Waals surface area contributed by atoms with Crippen LogP contribution in [0.4, 0.5) is 0 Å². The average Bonchev–Trinajstić information content (AvgIpc) is 2.83. The molecule has 0 aromatic carbocycles. The molecule has 0 radical (unpaired) electrons. The van der Waals surface area contributed by atoms with E-state index in [2.05, 4.69) is 27.7 Å². The Kier molecular flexibility index (Phi) is 17.2. The molecule has 0 heteroatoms. The fraction of sp³-hybridized carbons (Fsp3) is 1.00. The van der Waals surface area contributed by atoms with E-state index in [9.17, 15) is 0 Å². The third-order valence-corrected chi connectivity index (χ3v) is 3.22. The SMILES string of the molecule is CC.CCC.CCCCC(C)C1CCCC1. The molecule has 1 atom stereocenters. The van der Waals surface area contributed by atoms with Gasteiger partial charge in [-0.3, -0.25) is 0 Å². The Morgan fingerprint density at radius 1 is 1.00 bits per heavy atom. The van der Waals surface area contributed by atoms with Gasteiger partial charge in [-0.05, 0) is 11.8 Å². The molecule has 0 saturated heterocycles. The predicted octanol–water partition coefficient (Wildman–Crippen LogP) is 6.45. The van der Waals surface area contributed by atoms with E-state index in [4.69, 9.17) is 0 Å². The van der Waals surface area contributed by atoms with Gasteiger partial charge in [-0.15, -0.1) is 0 Å². The van der Waals surface area contributed by atoms with E-state index >= 15 is 0 Å². The van der Waals surface area contributed by atoms with Crippen LogP contribution in [0.2, 0.25) is 0 Å². The summed E-state index contributed by atoms with van der Waals surface area (Å²) in [6, 6.07) is 0. The van der Waals surface area contributed by atoms with Crippen molar-refractivity contribution in [1.82, 2.24) is 0 Å². The lowest BCUT2D eigenvalue weighted by Crippen LogP contribution is -2.06. The van der Waals surface area contributed by atoms with Crippen LogP contribution in [0.1, 0.15) is 92.9 Å². The fourth-order valence-corrected chi connectivity index (χ4v) is 2.29. The minimum atomic E-state index is 1.01. The van der Waals surface area contributed by atoms with Crippen LogP contribution in [-0.4, -0.2) is 0 Å². The maximum Gasteiger partial charge on any atom is -0.0388 e. The molecule has 1 saturated carbocycles. The largest absolute Gasteiger partial charge is 0.0683 e. The maximum atomic E-state index is 2.45. The van der Waals surface area contributed by atoms with Crippen molar-refractivity contribution < 1.29 is 0 Å². The number of rotatable bonds is 4. The molecule has 0 aromatic heterocycles. The van der Waals surface area contributed by atoms with Crippen molar-refractivity contribution in [2.75, 3.05) is 0 Å². The lowest BCUT2D eigenvalue weighted by Gasteiger charge is -2.17. The van der Waals surface area contributed by atoms with Crippen LogP contribution in [0, 0.1) is 11.8 Å². The van der Waals surface area contributed by atoms with Crippen LogP contribution in [0.3, 0.4) is 0 Å². The van der Waals surface area contributed by atoms with Gasteiger partial charge in [-0.2, -0.15) is 0 Å². The van der Waals surface area contributed by atoms with Gasteiger partial charge in [0.2, 0.25) is 0 Å². The molecule has 1 rings (SSSR count). The summed E-state index contributed by atoms with van der Waals surface area (Å²) in [6.45, 7) is 13.0. The van der Waals surface area contributed by atoms with E-state index < -0.39 is 0 Å². The molecule has 1 unspecified atom stereocenters. The van der Waals surface area contributed by atoms with Gasteiger partial charge in [0.25, 0.3) is 0 Å². The van der Waals surface area contributed by atoms with Gasteiger partial charge in [0.15, 0.2) is 0 Å². The van der Waals surface area contributed by atoms with Crippen molar-refractivity contribution in [2.45, 2.75) is 92.9 Å². The standard InChI is InChI=1S/C11H22.C3H8.C2H6/c1-3-4-7-10(2)11-8-5-6-9-11;1-3-2;1-2/h10-11H,3-9H2,1-2H3;3H2,1-2H3;1-2H3. The Labute approximate surface area is 105 Å². The molecular weight excluding hydrogens is 192 g/mol. The first-order valence-electron chi connectivity index (χ1n) is 7.76. The summed E-state index contributed by atoms with van der Waals surface area (Å²) in [5.41, 5.74) is 0. The summed E-state index contributed by atoms with van der Waals surface area (Å²) < 4.78 is 0. The zero-order valence-corrected chi connectivity index (χ0v) is 12.8. The number of unbranched alkanes of at least 4 members (excludes halogenated alkanes) is 1. The molecule has 1 aliphatic carbocycles. The number of hydrogen-bond acceptors (Lipinski definition) is 0. The minimum absolute atomic E-state index is 1.01. The second-order valence-electron chi connectivity index (χ2n) is 4.87. The van der Waals surface area contributed by atoms with Gasteiger partial charge < -0.3 is 0 Å². The van der Waals surface area contributed by atoms with Gasteiger partial charge in [0.05, 0.1) is 0 Å². The summed E-state index contributed by atoms with van der Waals surface area (Å²) in [7, 11) is 0. The summed E-state index contributed by atoms with van der Waals surface area (Å²) in [6.07, 6.45) is 11.6. The fourth-order valence-electron chi connectivity index (χ4n) is 2.29. The van der Waals surface area contributed by atoms with Crippen molar-refractivity contribution in [2.24, 2.45) is 11.8 Å². The highest BCUT2D eigenvalue weighted by molar-refractivity contribution is 4.72. The zero-order chi connectivity index (χ0) is 12.8. The molecule has 16 heavy (non-hydrogen) atoms. The highest BCUT2D eigenvalue weighted by Gasteiger charge is 2.20. The van der Waals surface area contributed by atoms with Crippen molar-refractivity contribution >= 4 is 0 Å². The first kappa shape index (κ1) is 18.4. The van der Waals surface area contributed by atoms with Crippen LogP contribution in [0.15, 0.2) is 0 Å². The Morgan fingerprint density at radius 3 is 1.81 bits per heavy atom. The molecule has 0 aromatic rings. The van der Waals surface area contributed by atoms with E-state index in [0.29, 0.717) is 0 Å². The summed E-state index contributed by atoms with van der Waals surface area (Å²) in [5.74, 6) is 2.10. The van der Waals surface area contributed by atoms with Crippen molar-refractivity contribution in [1.29, 1.82) is 0 Å². The molecule has 1 fully saturated rings. The minimum Gasteiger partial charge on any atom is -0.0683 e. The smallest absolute Gasteiger partial charge is 0.0388 e. The Hall–Kier alpha value is 0. The van der Waals surface area contributed by atoms with E-state index in [1.807, 2.05) is 13.8 Å². The van der Waals surface area contributed by atoms with E-state index in [0.717, 1.165) is 11.8 Å². The molecule has 0 spiro atoms. The lowest BCUT2D eigenvalue weighted by atomic mass is 9.88. The first-order valence-corrected chi connectivity index (χ1v) is 7.76. The second-order valence-corrected chi connectivity index (χ2v) is 4.87. The highest BCUT2D eigenvalue weighted by atomic mass is 14.3. The van der Waals surface area contributed by atoms with Crippen molar-refractivity contribution in [3.8, 4) is 0 Å². The molecule has 1 aliphatic rings. The lowest BCUT2D eigenvalue weighted by molar-refractivity contribution is 0.337. The van der Waals surface area contributed by atoms with Crippen molar-refractivity contribution in [3.63, 3.8) is 0 Å². The monoisotopic (exact) mass is 228 g/mol. The summed E-state index contributed by atoms with van der Waals surface area (Å²) >= 11 is 0. The summed E-state index contributed by atoms with van der Waals surface area (Å²) in [5, 5.41) is 0. The zero-order valence-electron chi connectivity index (χ0n) is 12.8. The highest BCUT2D eigenvalue weighted by Crippen LogP contribution is 2.33. The molecule has 0 N–H and O–H groups in total. The normalized spacial score (nSPS) is 16.9. The first-order chi connectivity index (χ1) is 7.76. The van der Waals surface area contributed by atoms with E-state index in [1.165, 1.54) is 51.4 Å². The molecular formula is C16H36. The Morgan fingerprint density at radius 2 is 1.44 bits per heavy atom. The third kappa shape index (κ3) is 10.5. The molecule has 0 aliphatic heterocycles. The Balaban J connectivity index is 0. The quantitative estimate of drug-likeness (QED) is 0.519. The molecule has 0 nitrogen and oxygen atoms in total. The van der Waals surface area contributed by atoms with Crippen LogP contribution in [0.25, 0.3) is 0 Å².